The predicted octanol–water partition coefficient (Wildman–Crippen LogP) is 2.91. The van der Waals surface area contributed by atoms with Gasteiger partial charge >= 0.3 is 0 Å². The van der Waals surface area contributed by atoms with Crippen molar-refractivity contribution in [1.29, 1.82) is 0 Å². The lowest BCUT2D eigenvalue weighted by Crippen LogP contribution is -2.16. The van der Waals surface area contributed by atoms with Gasteiger partial charge < -0.3 is 0 Å². The van der Waals surface area contributed by atoms with E-state index in [2.05, 4.69) is 15.9 Å². The zero-order valence-electron chi connectivity index (χ0n) is 8.27. The number of aryl methyl sites for hydroxylation is 1. The molecule has 0 saturated carbocycles. The van der Waals surface area contributed by atoms with Crippen LogP contribution in [0.15, 0.2) is 51.9 Å². The van der Waals surface area contributed by atoms with E-state index in [1.807, 2.05) is 37.3 Å². The topological polar surface area (TPSA) is 22.0 Å². The molecule has 2 rings (SSSR count). The van der Waals surface area contributed by atoms with Gasteiger partial charge in [0.25, 0.3) is 5.56 Å². The van der Waals surface area contributed by atoms with Gasteiger partial charge in [0, 0.05) is 22.4 Å². The molecule has 1 heterocycles. The Labute approximate surface area is 96.3 Å². The summed E-state index contributed by atoms with van der Waals surface area (Å²) in [5.74, 6) is 0. The zero-order chi connectivity index (χ0) is 10.8. The second kappa shape index (κ2) is 4.03. The number of aromatic nitrogens is 1. The van der Waals surface area contributed by atoms with Gasteiger partial charge in [-0.25, -0.2) is 0 Å². The third-order valence-corrected chi connectivity index (χ3v) is 2.65. The molecule has 0 atom stereocenters. The van der Waals surface area contributed by atoms with Gasteiger partial charge in [-0.2, -0.15) is 0 Å². The maximum atomic E-state index is 11.7. The smallest absolute Gasteiger partial charge is 0.255 e. The van der Waals surface area contributed by atoms with Crippen LogP contribution in [-0.4, -0.2) is 4.57 Å². The van der Waals surface area contributed by atoms with E-state index in [0.29, 0.717) is 0 Å². The van der Waals surface area contributed by atoms with Gasteiger partial charge in [0.2, 0.25) is 0 Å². The minimum atomic E-state index is -0.00639. The molecule has 0 aliphatic carbocycles. The Bertz CT molecular complexity index is 545. The molecular weight excluding hydrogens is 254 g/mol. The number of rotatable bonds is 1. The Kier molecular flexibility index (Phi) is 2.73. The molecule has 0 fully saturated rings. The highest BCUT2D eigenvalue weighted by molar-refractivity contribution is 9.10. The van der Waals surface area contributed by atoms with E-state index in [4.69, 9.17) is 0 Å². The fourth-order valence-corrected chi connectivity index (χ4v) is 1.80. The molecule has 76 valence electrons. The molecule has 0 aliphatic rings. The van der Waals surface area contributed by atoms with Crippen LogP contribution in [0.1, 0.15) is 5.56 Å². The summed E-state index contributed by atoms with van der Waals surface area (Å²) in [5, 5.41) is 0. The highest BCUT2D eigenvalue weighted by Gasteiger charge is 1.99. The van der Waals surface area contributed by atoms with Crippen LogP contribution in [0.2, 0.25) is 0 Å². The van der Waals surface area contributed by atoms with Crippen molar-refractivity contribution in [1.82, 2.24) is 4.57 Å². The van der Waals surface area contributed by atoms with Gasteiger partial charge in [0.1, 0.15) is 0 Å². The lowest BCUT2D eigenvalue weighted by molar-refractivity contribution is 0.981. The quantitative estimate of drug-likeness (QED) is 0.776. The normalized spacial score (nSPS) is 10.3. The summed E-state index contributed by atoms with van der Waals surface area (Å²) in [5.41, 5.74) is 1.84. The first-order chi connectivity index (χ1) is 7.16. The van der Waals surface area contributed by atoms with Crippen molar-refractivity contribution >= 4 is 15.9 Å². The van der Waals surface area contributed by atoms with E-state index >= 15 is 0 Å². The molecule has 2 nitrogen and oxygen atoms in total. The molecule has 3 heteroatoms. The lowest BCUT2D eigenvalue weighted by atomic mass is 10.2. The summed E-state index contributed by atoms with van der Waals surface area (Å²) in [6.45, 7) is 1.91. The monoisotopic (exact) mass is 263 g/mol. The van der Waals surface area contributed by atoms with E-state index in [0.717, 1.165) is 15.7 Å². The molecule has 0 spiro atoms. The second-order valence-electron chi connectivity index (χ2n) is 3.39. The maximum Gasteiger partial charge on any atom is 0.255 e. The number of hydrogen-bond acceptors (Lipinski definition) is 1. The van der Waals surface area contributed by atoms with Gasteiger partial charge in [0.05, 0.1) is 0 Å². The number of pyridine rings is 1. The fraction of sp³-hybridized carbons (Fsp3) is 0.0833. The van der Waals surface area contributed by atoms with Gasteiger partial charge in [0.15, 0.2) is 0 Å². The Balaban J connectivity index is 2.59. The van der Waals surface area contributed by atoms with E-state index in [1.54, 1.807) is 16.8 Å². The van der Waals surface area contributed by atoms with Crippen molar-refractivity contribution in [2.45, 2.75) is 6.92 Å². The van der Waals surface area contributed by atoms with Gasteiger partial charge in [-0.05, 0) is 36.8 Å². The first kappa shape index (κ1) is 10.2. The van der Waals surface area contributed by atoms with Crippen molar-refractivity contribution in [3.63, 3.8) is 0 Å². The number of benzene rings is 1. The molecule has 1 aromatic heterocycles. The van der Waals surface area contributed by atoms with Crippen LogP contribution in [0.25, 0.3) is 5.69 Å². The van der Waals surface area contributed by atoms with Crippen LogP contribution >= 0.6 is 15.9 Å². The molecular formula is C12H10BrNO. The average molecular weight is 264 g/mol. The van der Waals surface area contributed by atoms with Crippen LogP contribution in [0.5, 0.6) is 0 Å². The summed E-state index contributed by atoms with van der Waals surface area (Å²) in [7, 11) is 0. The van der Waals surface area contributed by atoms with Crippen molar-refractivity contribution in [2.24, 2.45) is 0 Å². The maximum absolute atomic E-state index is 11.7. The third kappa shape index (κ3) is 2.18. The van der Waals surface area contributed by atoms with Crippen LogP contribution in [0.4, 0.5) is 0 Å². The molecule has 2 aromatic rings. The molecule has 0 bridgehead atoms. The second-order valence-corrected chi connectivity index (χ2v) is 4.31. The summed E-state index contributed by atoms with van der Waals surface area (Å²) < 4.78 is 2.59. The van der Waals surface area contributed by atoms with E-state index < -0.39 is 0 Å². The molecule has 0 N–H and O–H groups in total. The third-order valence-electron chi connectivity index (χ3n) is 2.16. The predicted molar refractivity (Wildman–Crippen MR) is 64.5 cm³/mol. The van der Waals surface area contributed by atoms with Gasteiger partial charge in [-0.3, -0.25) is 9.36 Å². The lowest BCUT2D eigenvalue weighted by Gasteiger charge is -2.05. The Hall–Kier alpha value is -1.35. The first-order valence-electron chi connectivity index (χ1n) is 4.62. The highest BCUT2D eigenvalue weighted by Crippen LogP contribution is 2.13. The SMILES string of the molecule is Cc1ccn(-c2cccc(Br)c2)c(=O)c1. The molecule has 15 heavy (non-hydrogen) atoms. The largest absolute Gasteiger partial charge is 0.284 e. The molecule has 0 amide bonds. The summed E-state index contributed by atoms with van der Waals surface area (Å²) in [4.78, 5) is 11.7. The standard InChI is InChI=1S/C12H10BrNO/c1-9-5-6-14(12(15)7-9)11-4-2-3-10(13)8-11/h2-8H,1H3. The van der Waals surface area contributed by atoms with Crippen molar-refractivity contribution in [3.05, 3.63) is 63.0 Å². The molecule has 0 unspecified atom stereocenters. The fourth-order valence-electron chi connectivity index (χ4n) is 1.42. The van der Waals surface area contributed by atoms with Crippen LogP contribution in [0, 0.1) is 6.92 Å². The number of hydrogen-bond donors (Lipinski definition) is 0. The molecule has 1 aromatic carbocycles. The van der Waals surface area contributed by atoms with E-state index in [-0.39, 0.29) is 5.56 Å². The Morgan fingerprint density at radius 3 is 2.67 bits per heavy atom. The minimum Gasteiger partial charge on any atom is -0.284 e. The number of halogens is 1. The van der Waals surface area contributed by atoms with E-state index in [9.17, 15) is 4.79 Å². The summed E-state index contributed by atoms with van der Waals surface area (Å²) in [6.07, 6.45) is 1.79. The van der Waals surface area contributed by atoms with Crippen LogP contribution < -0.4 is 5.56 Å². The van der Waals surface area contributed by atoms with Gasteiger partial charge in [-0.1, -0.05) is 22.0 Å². The summed E-state index contributed by atoms with van der Waals surface area (Å²) >= 11 is 3.38. The van der Waals surface area contributed by atoms with Crippen molar-refractivity contribution < 1.29 is 0 Å². The number of nitrogens with zero attached hydrogens (tertiary/aromatic N) is 1. The molecule has 0 radical (unpaired) electrons. The van der Waals surface area contributed by atoms with Crippen molar-refractivity contribution in [3.8, 4) is 5.69 Å². The zero-order valence-corrected chi connectivity index (χ0v) is 9.86. The Morgan fingerprint density at radius 1 is 1.20 bits per heavy atom. The van der Waals surface area contributed by atoms with Gasteiger partial charge in [-0.15, -0.1) is 0 Å². The summed E-state index contributed by atoms with van der Waals surface area (Å²) in [6, 6.07) is 11.2. The molecule has 0 saturated heterocycles. The highest BCUT2D eigenvalue weighted by atomic mass is 79.9. The minimum absolute atomic E-state index is 0.00639. The first-order valence-corrected chi connectivity index (χ1v) is 5.41. The molecule has 0 aliphatic heterocycles. The van der Waals surface area contributed by atoms with E-state index in [1.165, 1.54) is 0 Å². The average Bonchev–Trinajstić information content (AvgIpc) is 2.17. The van der Waals surface area contributed by atoms with Crippen molar-refractivity contribution in [2.75, 3.05) is 0 Å². The van der Waals surface area contributed by atoms with Crippen LogP contribution in [-0.2, 0) is 0 Å². The Morgan fingerprint density at radius 2 is 2.00 bits per heavy atom. The van der Waals surface area contributed by atoms with Crippen LogP contribution in [0.3, 0.4) is 0 Å².